The summed E-state index contributed by atoms with van der Waals surface area (Å²) in [6.45, 7) is 12.9. The van der Waals surface area contributed by atoms with Crippen LogP contribution in [-0.4, -0.2) is 24.0 Å². The van der Waals surface area contributed by atoms with E-state index in [9.17, 15) is 0 Å². The molecule has 0 N–H and O–H groups in total. The lowest BCUT2D eigenvalue weighted by Crippen LogP contribution is -2.29. The summed E-state index contributed by atoms with van der Waals surface area (Å²) in [5.41, 5.74) is 7.98. The lowest BCUT2D eigenvalue weighted by Gasteiger charge is -2.33. The second kappa shape index (κ2) is 7.32. The molecule has 0 aliphatic carbocycles. The van der Waals surface area contributed by atoms with Gasteiger partial charge in [-0.15, -0.1) is 0 Å². The monoisotopic (exact) mass is 352 g/mol. The first-order chi connectivity index (χ1) is 13.2. The van der Waals surface area contributed by atoms with Gasteiger partial charge < -0.3 is 0 Å². The van der Waals surface area contributed by atoms with Crippen molar-refractivity contribution in [1.82, 2.24) is 0 Å². The van der Waals surface area contributed by atoms with Gasteiger partial charge in [0, 0.05) is 17.0 Å². The number of aryl methyl sites for hydroxylation is 1. The van der Waals surface area contributed by atoms with E-state index < -0.39 is 0 Å². The summed E-state index contributed by atoms with van der Waals surface area (Å²) in [5, 5.41) is 0. The van der Waals surface area contributed by atoms with Crippen LogP contribution in [0.2, 0.25) is 0 Å². The first-order valence-corrected chi connectivity index (χ1v) is 9.45. The van der Waals surface area contributed by atoms with Crippen molar-refractivity contribution in [3.63, 3.8) is 0 Å². The standard InChI is InChI=1S/C25H24N2/c1-4-23-19-11-7-6-10-18(19)14-15-22-20-12-8-9-13-21(20)24(5-2)27-25(22)17(3)16-26-23/h4-13,22,25H,1-3,14-16H2/b26-23-. The average molecular weight is 352 g/mol. The molecule has 4 rings (SSSR count). The minimum atomic E-state index is 0.0352. The predicted molar refractivity (Wildman–Crippen MR) is 115 cm³/mol. The molecule has 27 heavy (non-hydrogen) atoms. The maximum absolute atomic E-state index is 5.03. The van der Waals surface area contributed by atoms with Gasteiger partial charge >= 0.3 is 0 Å². The Balaban J connectivity index is 1.84. The molecule has 0 radical (unpaired) electrons. The first-order valence-electron chi connectivity index (χ1n) is 9.45. The molecule has 0 aromatic heterocycles. The number of hydrogen-bond acceptors (Lipinski definition) is 2. The van der Waals surface area contributed by atoms with Crippen LogP contribution in [0, 0.1) is 0 Å². The van der Waals surface area contributed by atoms with Crippen molar-refractivity contribution in [3.05, 3.63) is 108 Å². The Hall–Kier alpha value is -3.00. The average Bonchev–Trinajstić information content (AvgIpc) is 2.72. The van der Waals surface area contributed by atoms with Gasteiger partial charge in [0.05, 0.1) is 24.0 Å². The second-order valence-electron chi connectivity index (χ2n) is 7.12. The molecule has 2 unspecified atom stereocenters. The topological polar surface area (TPSA) is 24.7 Å². The molecule has 0 bridgehead atoms. The lowest BCUT2D eigenvalue weighted by atomic mass is 9.77. The van der Waals surface area contributed by atoms with Gasteiger partial charge in [-0.05, 0) is 41.7 Å². The summed E-state index contributed by atoms with van der Waals surface area (Å²) in [7, 11) is 0. The van der Waals surface area contributed by atoms with E-state index >= 15 is 0 Å². The quantitative estimate of drug-likeness (QED) is 0.655. The molecular formula is C25H24N2. The Morgan fingerprint density at radius 3 is 2.37 bits per heavy atom. The third-order valence-corrected chi connectivity index (χ3v) is 5.57. The van der Waals surface area contributed by atoms with Crippen molar-refractivity contribution in [2.24, 2.45) is 9.98 Å². The third-order valence-electron chi connectivity index (χ3n) is 5.57. The van der Waals surface area contributed by atoms with Crippen molar-refractivity contribution in [3.8, 4) is 0 Å². The normalized spacial score (nSPS) is 23.6. The molecule has 2 atom stereocenters. The fraction of sp³-hybridized carbons (Fsp3) is 0.200. The molecule has 0 fully saturated rings. The van der Waals surface area contributed by atoms with Crippen LogP contribution in [0.15, 0.2) is 96.0 Å². The van der Waals surface area contributed by atoms with Crippen molar-refractivity contribution in [1.29, 1.82) is 0 Å². The van der Waals surface area contributed by atoms with E-state index in [0.29, 0.717) is 12.5 Å². The number of allylic oxidation sites excluding steroid dienone is 2. The number of nitrogens with zero attached hydrogens (tertiary/aromatic N) is 2. The highest BCUT2D eigenvalue weighted by molar-refractivity contribution is 6.11. The van der Waals surface area contributed by atoms with Crippen LogP contribution in [0.1, 0.15) is 34.6 Å². The maximum atomic E-state index is 5.03. The summed E-state index contributed by atoms with van der Waals surface area (Å²) in [6, 6.07) is 17.1. The largest absolute Gasteiger partial charge is 0.280 e. The molecule has 2 aliphatic rings. The molecule has 0 spiro atoms. The van der Waals surface area contributed by atoms with Gasteiger partial charge in [0.2, 0.25) is 0 Å². The van der Waals surface area contributed by atoms with Crippen LogP contribution in [0.4, 0.5) is 0 Å². The molecule has 2 heterocycles. The van der Waals surface area contributed by atoms with Gasteiger partial charge in [-0.3, -0.25) is 9.98 Å². The van der Waals surface area contributed by atoms with Crippen molar-refractivity contribution < 1.29 is 0 Å². The highest BCUT2D eigenvalue weighted by Gasteiger charge is 2.32. The van der Waals surface area contributed by atoms with Crippen LogP contribution in [0.25, 0.3) is 0 Å². The number of hydrogen-bond donors (Lipinski definition) is 0. The van der Waals surface area contributed by atoms with Crippen LogP contribution >= 0.6 is 0 Å². The van der Waals surface area contributed by atoms with E-state index in [0.717, 1.165) is 29.8 Å². The van der Waals surface area contributed by atoms with Crippen LogP contribution in [-0.2, 0) is 6.42 Å². The molecule has 2 nitrogen and oxygen atoms in total. The van der Waals surface area contributed by atoms with E-state index in [1.807, 2.05) is 12.2 Å². The Bertz CT molecular complexity index is 971. The Morgan fingerprint density at radius 2 is 1.59 bits per heavy atom. The summed E-state index contributed by atoms with van der Waals surface area (Å²) in [4.78, 5) is 9.86. The number of benzene rings is 2. The van der Waals surface area contributed by atoms with Crippen LogP contribution in [0.5, 0.6) is 0 Å². The molecule has 2 aliphatic heterocycles. The molecule has 2 aromatic carbocycles. The molecule has 0 saturated carbocycles. The molecule has 0 amide bonds. The van der Waals surface area contributed by atoms with Gasteiger partial charge in [0.25, 0.3) is 0 Å². The minimum absolute atomic E-state index is 0.0352. The van der Waals surface area contributed by atoms with Crippen molar-refractivity contribution in [2.75, 3.05) is 6.54 Å². The van der Waals surface area contributed by atoms with Gasteiger partial charge in [-0.1, -0.05) is 68.3 Å². The zero-order valence-electron chi connectivity index (χ0n) is 15.6. The van der Waals surface area contributed by atoms with Gasteiger partial charge in [-0.25, -0.2) is 0 Å². The first kappa shape index (κ1) is 17.4. The number of aliphatic imine (C=N–C) groups is 2. The molecule has 134 valence electrons. The fourth-order valence-electron chi connectivity index (χ4n) is 4.22. The Labute approximate surface area is 161 Å². The minimum Gasteiger partial charge on any atom is -0.280 e. The second-order valence-corrected chi connectivity index (χ2v) is 7.12. The summed E-state index contributed by atoms with van der Waals surface area (Å²) in [6.07, 6.45) is 5.70. The van der Waals surface area contributed by atoms with E-state index in [1.54, 1.807) is 0 Å². The number of fused-ring (bicyclic) bond motifs is 4. The third kappa shape index (κ3) is 3.12. The van der Waals surface area contributed by atoms with Crippen LogP contribution < -0.4 is 0 Å². The molecule has 2 heteroatoms. The molecular weight excluding hydrogens is 328 g/mol. The Morgan fingerprint density at radius 1 is 0.889 bits per heavy atom. The molecule has 2 aromatic rings. The van der Waals surface area contributed by atoms with Crippen molar-refractivity contribution in [2.45, 2.75) is 24.8 Å². The smallest absolute Gasteiger partial charge is 0.0800 e. The summed E-state index contributed by atoms with van der Waals surface area (Å²) >= 11 is 0. The van der Waals surface area contributed by atoms with E-state index in [1.165, 1.54) is 22.3 Å². The SMILES string of the molecule is C=CC1=NC2C(=C)C/N=C(/C=C)c3ccccc3CCC2c2ccccc21. The van der Waals surface area contributed by atoms with Gasteiger partial charge in [0.1, 0.15) is 0 Å². The van der Waals surface area contributed by atoms with Gasteiger partial charge in [0.15, 0.2) is 0 Å². The zero-order valence-corrected chi connectivity index (χ0v) is 15.6. The highest BCUT2D eigenvalue weighted by atomic mass is 14.9. The van der Waals surface area contributed by atoms with E-state index in [-0.39, 0.29) is 6.04 Å². The lowest BCUT2D eigenvalue weighted by molar-refractivity contribution is 0.536. The summed E-state index contributed by atoms with van der Waals surface area (Å²) < 4.78 is 0. The molecule has 0 saturated heterocycles. The van der Waals surface area contributed by atoms with E-state index in [2.05, 4.69) is 68.3 Å². The van der Waals surface area contributed by atoms with E-state index in [4.69, 9.17) is 9.98 Å². The summed E-state index contributed by atoms with van der Waals surface area (Å²) in [5.74, 6) is 0.311. The van der Waals surface area contributed by atoms with Gasteiger partial charge in [-0.2, -0.15) is 0 Å². The number of rotatable bonds is 2. The van der Waals surface area contributed by atoms with Crippen molar-refractivity contribution >= 4 is 11.4 Å². The highest BCUT2D eigenvalue weighted by Crippen LogP contribution is 2.38. The zero-order chi connectivity index (χ0) is 18.8. The fourth-order valence-corrected chi connectivity index (χ4v) is 4.22. The Kier molecular flexibility index (Phi) is 4.72. The predicted octanol–water partition coefficient (Wildman–Crippen LogP) is 5.31. The van der Waals surface area contributed by atoms with Crippen LogP contribution in [0.3, 0.4) is 0 Å². The maximum Gasteiger partial charge on any atom is 0.0800 e.